The van der Waals surface area contributed by atoms with Gasteiger partial charge in [-0.1, -0.05) is 42.5 Å². The van der Waals surface area contributed by atoms with E-state index in [1.165, 1.54) is 39.0 Å². The van der Waals surface area contributed by atoms with Gasteiger partial charge in [-0.05, 0) is 53.4 Å². The standard InChI is InChI=1S/C26H27N3O/c1-29(2)20-10-8-19(9-11-20)25-26-22(14-15-27-25)23-16-21(12-13-24(23)28-26)30-17-18-6-4-3-5-7-18/h3-13,16,25,27-28H,14-15,17H2,1-2H3. The molecule has 30 heavy (non-hydrogen) atoms. The number of nitrogens with one attached hydrogen (secondary N) is 2. The summed E-state index contributed by atoms with van der Waals surface area (Å²) in [6, 6.07) is 25.7. The maximum atomic E-state index is 6.07. The van der Waals surface area contributed by atoms with Crippen molar-refractivity contribution in [1.29, 1.82) is 0 Å². The van der Waals surface area contributed by atoms with Crippen molar-refractivity contribution >= 4 is 16.6 Å². The van der Waals surface area contributed by atoms with E-state index < -0.39 is 0 Å². The summed E-state index contributed by atoms with van der Waals surface area (Å²) < 4.78 is 6.07. The molecule has 4 nitrogen and oxygen atoms in total. The number of anilines is 1. The van der Waals surface area contributed by atoms with Crippen molar-refractivity contribution in [3.05, 3.63) is 95.2 Å². The van der Waals surface area contributed by atoms with E-state index >= 15 is 0 Å². The summed E-state index contributed by atoms with van der Waals surface area (Å²) in [5.74, 6) is 0.915. The van der Waals surface area contributed by atoms with E-state index in [-0.39, 0.29) is 6.04 Å². The Morgan fingerprint density at radius 3 is 2.53 bits per heavy atom. The molecule has 1 aliphatic heterocycles. The topological polar surface area (TPSA) is 40.3 Å². The minimum absolute atomic E-state index is 0.186. The van der Waals surface area contributed by atoms with E-state index in [1.54, 1.807) is 0 Å². The number of rotatable bonds is 5. The van der Waals surface area contributed by atoms with Crippen LogP contribution in [0, 0.1) is 0 Å². The third-order valence-electron chi connectivity index (χ3n) is 5.91. The second-order valence-corrected chi connectivity index (χ2v) is 8.12. The molecule has 3 aromatic carbocycles. The molecule has 0 fully saturated rings. The van der Waals surface area contributed by atoms with Crippen molar-refractivity contribution in [3.63, 3.8) is 0 Å². The normalized spacial score (nSPS) is 15.7. The molecule has 152 valence electrons. The average Bonchev–Trinajstić information content (AvgIpc) is 3.16. The average molecular weight is 398 g/mol. The Morgan fingerprint density at radius 2 is 1.77 bits per heavy atom. The van der Waals surface area contributed by atoms with E-state index in [0.717, 1.165) is 18.7 Å². The van der Waals surface area contributed by atoms with Gasteiger partial charge in [-0.15, -0.1) is 0 Å². The van der Waals surface area contributed by atoms with Crippen LogP contribution in [0.1, 0.15) is 28.4 Å². The van der Waals surface area contributed by atoms with Crippen LogP contribution in [0.25, 0.3) is 10.9 Å². The fourth-order valence-electron chi connectivity index (χ4n) is 4.29. The summed E-state index contributed by atoms with van der Waals surface area (Å²) in [7, 11) is 4.14. The molecule has 1 aliphatic rings. The van der Waals surface area contributed by atoms with Crippen molar-refractivity contribution in [3.8, 4) is 5.75 Å². The highest BCUT2D eigenvalue weighted by molar-refractivity contribution is 5.86. The first-order valence-corrected chi connectivity index (χ1v) is 10.5. The molecule has 1 unspecified atom stereocenters. The molecule has 0 bridgehead atoms. The number of aromatic amines is 1. The van der Waals surface area contributed by atoms with Crippen LogP contribution in [0.3, 0.4) is 0 Å². The molecule has 0 amide bonds. The molecule has 2 N–H and O–H groups in total. The number of H-pyrrole nitrogens is 1. The fourth-order valence-corrected chi connectivity index (χ4v) is 4.29. The molecule has 0 aliphatic carbocycles. The Hall–Kier alpha value is -3.24. The first-order chi connectivity index (χ1) is 14.7. The van der Waals surface area contributed by atoms with Crippen LogP contribution in [0.4, 0.5) is 5.69 Å². The summed E-state index contributed by atoms with van der Waals surface area (Å²) >= 11 is 0. The number of hydrogen-bond acceptors (Lipinski definition) is 3. The van der Waals surface area contributed by atoms with Gasteiger partial charge in [0.25, 0.3) is 0 Å². The predicted molar refractivity (Wildman–Crippen MR) is 123 cm³/mol. The lowest BCUT2D eigenvalue weighted by Crippen LogP contribution is -2.30. The number of ether oxygens (including phenoxy) is 1. The number of fused-ring (bicyclic) bond motifs is 3. The zero-order chi connectivity index (χ0) is 20.5. The van der Waals surface area contributed by atoms with Crippen LogP contribution < -0.4 is 15.0 Å². The van der Waals surface area contributed by atoms with Gasteiger partial charge in [-0.2, -0.15) is 0 Å². The highest BCUT2D eigenvalue weighted by atomic mass is 16.5. The van der Waals surface area contributed by atoms with Crippen LogP contribution in [0.15, 0.2) is 72.8 Å². The molecule has 1 atom stereocenters. The number of aromatic nitrogens is 1. The Labute approximate surface area is 177 Å². The number of nitrogens with zero attached hydrogens (tertiary/aromatic N) is 1. The third-order valence-corrected chi connectivity index (χ3v) is 5.91. The summed E-state index contributed by atoms with van der Waals surface area (Å²) in [5, 5.41) is 4.96. The minimum Gasteiger partial charge on any atom is -0.489 e. The second-order valence-electron chi connectivity index (χ2n) is 8.12. The first kappa shape index (κ1) is 18.8. The SMILES string of the molecule is CN(C)c1ccc(C2NCCc3c2[nH]c2ccc(OCc4ccccc4)cc32)cc1. The molecular weight excluding hydrogens is 370 g/mol. The zero-order valence-electron chi connectivity index (χ0n) is 17.5. The Kier molecular flexibility index (Phi) is 4.93. The summed E-state index contributed by atoms with van der Waals surface area (Å²) in [6.45, 7) is 1.55. The van der Waals surface area contributed by atoms with E-state index in [1.807, 2.05) is 18.2 Å². The molecule has 1 aromatic heterocycles. The van der Waals surface area contributed by atoms with Gasteiger partial charge in [-0.3, -0.25) is 0 Å². The predicted octanol–water partition coefficient (Wildman–Crippen LogP) is 5.05. The lowest BCUT2D eigenvalue weighted by molar-refractivity contribution is 0.306. The Bertz CT molecular complexity index is 1150. The van der Waals surface area contributed by atoms with Crippen LogP contribution in [-0.4, -0.2) is 25.6 Å². The number of hydrogen-bond donors (Lipinski definition) is 2. The highest BCUT2D eigenvalue weighted by Gasteiger charge is 2.25. The molecule has 4 heteroatoms. The summed E-state index contributed by atoms with van der Waals surface area (Å²) in [6.07, 6.45) is 1.02. The van der Waals surface area contributed by atoms with Gasteiger partial charge >= 0.3 is 0 Å². The summed E-state index contributed by atoms with van der Waals surface area (Å²) in [5.41, 5.74) is 7.52. The molecule has 0 saturated heterocycles. The molecule has 0 radical (unpaired) electrons. The Morgan fingerprint density at radius 1 is 0.967 bits per heavy atom. The molecule has 4 aromatic rings. The Balaban J connectivity index is 1.44. The molecule has 5 rings (SSSR count). The van der Waals surface area contributed by atoms with Crippen LogP contribution >= 0.6 is 0 Å². The highest BCUT2D eigenvalue weighted by Crippen LogP contribution is 2.35. The smallest absolute Gasteiger partial charge is 0.120 e. The van der Waals surface area contributed by atoms with Gasteiger partial charge < -0.3 is 19.9 Å². The minimum atomic E-state index is 0.186. The fraction of sp³-hybridized carbons (Fsp3) is 0.231. The summed E-state index contributed by atoms with van der Waals surface area (Å²) in [4.78, 5) is 5.80. The van der Waals surface area contributed by atoms with Gasteiger partial charge in [0.2, 0.25) is 0 Å². The van der Waals surface area contributed by atoms with Crippen LogP contribution in [0.2, 0.25) is 0 Å². The van der Waals surface area contributed by atoms with Crippen molar-refractivity contribution < 1.29 is 4.74 Å². The second kappa shape index (κ2) is 7.88. The van der Waals surface area contributed by atoms with Gasteiger partial charge in [0.15, 0.2) is 0 Å². The molecule has 2 heterocycles. The number of benzene rings is 3. The zero-order valence-corrected chi connectivity index (χ0v) is 17.5. The molecule has 0 spiro atoms. The maximum absolute atomic E-state index is 6.07. The first-order valence-electron chi connectivity index (χ1n) is 10.5. The monoisotopic (exact) mass is 397 g/mol. The molecule has 0 saturated carbocycles. The van der Waals surface area contributed by atoms with E-state index in [4.69, 9.17) is 4.74 Å². The quantitative estimate of drug-likeness (QED) is 0.495. The maximum Gasteiger partial charge on any atom is 0.120 e. The van der Waals surface area contributed by atoms with Gasteiger partial charge in [0, 0.05) is 42.9 Å². The lowest BCUT2D eigenvalue weighted by Gasteiger charge is -2.25. The van der Waals surface area contributed by atoms with E-state index in [2.05, 4.69) is 83.9 Å². The van der Waals surface area contributed by atoms with Gasteiger partial charge in [0.05, 0.1) is 6.04 Å². The van der Waals surface area contributed by atoms with Gasteiger partial charge in [-0.25, -0.2) is 0 Å². The lowest BCUT2D eigenvalue weighted by atomic mass is 9.94. The van der Waals surface area contributed by atoms with E-state index in [9.17, 15) is 0 Å². The van der Waals surface area contributed by atoms with Crippen LogP contribution in [0.5, 0.6) is 5.75 Å². The molecular formula is C26H27N3O. The van der Waals surface area contributed by atoms with Crippen molar-refractivity contribution in [2.24, 2.45) is 0 Å². The van der Waals surface area contributed by atoms with E-state index in [0.29, 0.717) is 6.61 Å². The van der Waals surface area contributed by atoms with Crippen LogP contribution in [-0.2, 0) is 13.0 Å². The largest absolute Gasteiger partial charge is 0.489 e. The van der Waals surface area contributed by atoms with Crippen molar-refractivity contribution in [2.75, 3.05) is 25.5 Å². The van der Waals surface area contributed by atoms with Crippen molar-refractivity contribution in [2.45, 2.75) is 19.1 Å². The van der Waals surface area contributed by atoms with Gasteiger partial charge in [0.1, 0.15) is 12.4 Å². The third kappa shape index (κ3) is 3.55. The van der Waals surface area contributed by atoms with Crippen molar-refractivity contribution in [1.82, 2.24) is 10.3 Å².